The molecule has 0 radical (unpaired) electrons. The van der Waals surface area contributed by atoms with E-state index >= 15 is 0 Å². The molecule has 0 N–H and O–H groups in total. The SMILES string of the molecule is CC1C(=O)[C@@H](C)C[C@H](C)C1=O. The van der Waals surface area contributed by atoms with Crippen molar-refractivity contribution in [3.63, 3.8) is 0 Å². The summed E-state index contributed by atoms with van der Waals surface area (Å²) in [6.07, 6.45) is 0.738. The molecule has 1 rings (SSSR count). The van der Waals surface area contributed by atoms with Crippen molar-refractivity contribution >= 4 is 11.6 Å². The Morgan fingerprint density at radius 1 is 1.00 bits per heavy atom. The van der Waals surface area contributed by atoms with Crippen molar-refractivity contribution in [1.82, 2.24) is 0 Å². The molecule has 0 spiro atoms. The summed E-state index contributed by atoms with van der Waals surface area (Å²) in [6, 6.07) is 0. The zero-order valence-electron chi connectivity index (χ0n) is 7.26. The van der Waals surface area contributed by atoms with E-state index in [4.69, 9.17) is 0 Å². The van der Waals surface area contributed by atoms with Gasteiger partial charge in [0, 0.05) is 11.8 Å². The fourth-order valence-corrected chi connectivity index (χ4v) is 1.76. The Kier molecular flexibility index (Phi) is 2.12. The molecule has 0 unspecified atom stereocenters. The molecule has 1 aliphatic carbocycles. The van der Waals surface area contributed by atoms with Crippen molar-refractivity contribution in [3.05, 3.63) is 0 Å². The van der Waals surface area contributed by atoms with Crippen LogP contribution in [0.5, 0.6) is 0 Å². The Balaban J connectivity index is 2.79. The first-order valence-corrected chi connectivity index (χ1v) is 4.11. The molecule has 0 bridgehead atoms. The molecular weight excluding hydrogens is 140 g/mol. The number of ketones is 2. The highest BCUT2D eigenvalue weighted by Crippen LogP contribution is 2.26. The molecule has 2 atom stereocenters. The second-order valence-corrected chi connectivity index (χ2v) is 3.56. The zero-order valence-corrected chi connectivity index (χ0v) is 7.26. The fourth-order valence-electron chi connectivity index (χ4n) is 1.76. The lowest BCUT2D eigenvalue weighted by atomic mass is 9.75. The molecule has 0 saturated heterocycles. The predicted octanol–water partition coefficient (Wildman–Crippen LogP) is 1.44. The smallest absolute Gasteiger partial charge is 0.145 e. The van der Waals surface area contributed by atoms with E-state index in [1.807, 2.05) is 13.8 Å². The van der Waals surface area contributed by atoms with Crippen molar-refractivity contribution in [2.45, 2.75) is 27.2 Å². The van der Waals surface area contributed by atoms with E-state index in [9.17, 15) is 9.59 Å². The Bertz CT molecular complexity index is 176. The number of hydrogen-bond acceptors (Lipinski definition) is 2. The van der Waals surface area contributed by atoms with Gasteiger partial charge in [0.05, 0.1) is 5.92 Å². The van der Waals surface area contributed by atoms with E-state index in [-0.39, 0.29) is 29.3 Å². The van der Waals surface area contributed by atoms with Crippen molar-refractivity contribution in [1.29, 1.82) is 0 Å². The van der Waals surface area contributed by atoms with Crippen LogP contribution >= 0.6 is 0 Å². The molecule has 0 aromatic carbocycles. The number of carbonyl (C=O) groups excluding carboxylic acids is 2. The minimum atomic E-state index is -0.353. The van der Waals surface area contributed by atoms with Crippen LogP contribution in [0.2, 0.25) is 0 Å². The minimum Gasteiger partial charge on any atom is -0.299 e. The molecule has 0 amide bonds. The first-order chi connectivity index (χ1) is 5.04. The molecule has 1 fully saturated rings. The molecule has 11 heavy (non-hydrogen) atoms. The van der Waals surface area contributed by atoms with Gasteiger partial charge in [-0.25, -0.2) is 0 Å². The highest BCUT2D eigenvalue weighted by molar-refractivity contribution is 6.05. The summed E-state index contributed by atoms with van der Waals surface area (Å²) < 4.78 is 0. The molecule has 62 valence electrons. The summed E-state index contributed by atoms with van der Waals surface area (Å²) in [6.45, 7) is 5.53. The van der Waals surface area contributed by atoms with Gasteiger partial charge in [0.2, 0.25) is 0 Å². The quantitative estimate of drug-likeness (QED) is 0.495. The number of carbonyl (C=O) groups is 2. The largest absolute Gasteiger partial charge is 0.299 e. The van der Waals surface area contributed by atoms with Crippen LogP contribution in [0.3, 0.4) is 0 Å². The van der Waals surface area contributed by atoms with Gasteiger partial charge in [-0.05, 0) is 13.3 Å². The lowest BCUT2D eigenvalue weighted by Gasteiger charge is -2.26. The topological polar surface area (TPSA) is 34.1 Å². The molecular formula is C9H14O2. The van der Waals surface area contributed by atoms with E-state index < -0.39 is 0 Å². The predicted molar refractivity (Wildman–Crippen MR) is 42.1 cm³/mol. The van der Waals surface area contributed by atoms with E-state index in [1.54, 1.807) is 6.92 Å². The van der Waals surface area contributed by atoms with Crippen LogP contribution < -0.4 is 0 Å². The number of Topliss-reactive ketones (excluding diaryl/α,β-unsaturated/α-hetero) is 2. The minimum absolute atomic E-state index is 0.0812. The highest BCUT2D eigenvalue weighted by atomic mass is 16.2. The number of hydrogen-bond donors (Lipinski definition) is 0. The molecule has 1 aliphatic rings. The summed E-state index contributed by atoms with van der Waals surface area (Å²) in [7, 11) is 0. The van der Waals surface area contributed by atoms with Gasteiger partial charge >= 0.3 is 0 Å². The molecule has 0 aromatic rings. The average molecular weight is 154 g/mol. The van der Waals surface area contributed by atoms with Gasteiger partial charge in [-0.15, -0.1) is 0 Å². The van der Waals surface area contributed by atoms with Gasteiger partial charge < -0.3 is 0 Å². The summed E-state index contributed by atoms with van der Waals surface area (Å²) in [5, 5.41) is 0. The Morgan fingerprint density at radius 2 is 1.36 bits per heavy atom. The van der Waals surface area contributed by atoms with Crippen molar-refractivity contribution in [2.24, 2.45) is 17.8 Å². The average Bonchev–Trinajstić information content (AvgIpc) is 1.97. The van der Waals surface area contributed by atoms with E-state index in [2.05, 4.69) is 0 Å². The summed E-state index contributed by atoms with van der Waals surface area (Å²) >= 11 is 0. The maximum absolute atomic E-state index is 11.3. The van der Waals surface area contributed by atoms with Crippen LogP contribution in [0.1, 0.15) is 27.2 Å². The Morgan fingerprint density at radius 3 is 1.73 bits per heavy atom. The standard InChI is InChI=1S/C9H14O2/c1-5-4-6(2)9(11)7(3)8(5)10/h5-7H,4H2,1-3H3/t5-,6-/m0/s1. The summed E-state index contributed by atoms with van der Waals surface area (Å²) in [5.41, 5.74) is 0. The van der Waals surface area contributed by atoms with Crippen LogP contribution in [0.4, 0.5) is 0 Å². The Hall–Kier alpha value is -0.660. The van der Waals surface area contributed by atoms with Crippen LogP contribution in [0.15, 0.2) is 0 Å². The maximum Gasteiger partial charge on any atom is 0.145 e. The van der Waals surface area contributed by atoms with Crippen LogP contribution in [-0.4, -0.2) is 11.6 Å². The zero-order chi connectivity index (χ0) is 8.59. The van der Waals surface area contributed by atoms with E-state index in [0.29, 0.717) is 0 Å². The summed E-state index contributed by atoms with van der Waals surface area (Å²) in [5.74, 6) is 0.0466. The van der Waals surface area contributed by atoms with Crippen LogP contribution in [-0.2, 0) is 9.59 Å². The first kappa shape index (κ1) is 8.44. The van der Waals surface area contributed by atoms with Crippen molar-refractivity contribution in [2.75, 3.05) is 0 Å². The lowest BCUT2D eigenvalue weighted by Crippen LogP contribution is -2.37. The number of rotatable bonds is 0. The van der Waals surface area contributed by atoms with Gasteiger partial charge in [-0.1, -0.05) is 13.8 Å². The molecule has 2 nitrogen and oxygen atoms in total. The highest BCUT2D eigenvalue weighted by Gasteiger charge is 2.35. The van der Waals surface area contributed by atoms with E-state index in [1.165, 1.54) is 0 Å². The van der Waals surface area contributed by atoms with Gasteiger partial charge in [0.25, 0.3) is 0 Å². The normalized spacial score (nSPS) is 39.4. The Labute approximate surface area is 67.0 Å². The second-order valence-electron chi connectivity index (χ2n) is 3.56. The van der Waals surface area contributed by atoms with Crippen LogP contribution in [0.25, 0.3) is 0 Å². The van der Waals surface area contributed by atoms with Crippen molar-refractivity contribution in [3.8, 4) is 0 Å². The van der Waals surface area contributed by atoms with Crippen LogP contribution in [0, 0.1) is 17.8 Å². The monoisotopic (exact) mass is 154 g/mol. The van der Waals surface area contributed by atoms with E-state index in [0.717, 1.165) is 6.42 Å². The molecule has 2 heteroatoms. The van der Waals surface area contributed by atoms with Gasteiger partial charge in [-0.3, -0.25) is 9.59 Å². The third-order valence-electron chi connectivity index (χ3n) is 2.53. The van der Waals surface area contributed by atoms with Gasteiger partial charge in [0.1, 0.15) is 11.6 Å². The molecule has 0 heterocycles. The summed E-state index contributed by atoms with van der Waals surface area (Å²) in [4.78, 5) is 22.5. The molecule has 1 saturated carbocycles. The fraction of sp³-hybridized carbons (Fsp3) is 0.778. The van der Waals surface area contributed by atoms with Gasteiger partial charge in [0.15, 0.2) is 0 Å². The maximum atomic E-state index is 11.3. The lowest BCUT2D eigenvalue weighted by molar-refractivity contribution is -0.140. The third kappa shape index (κ3) is 1.35. The molecule has 0 aromatic heterocycles. The second kappa shape index (κ2) is 2.76. The third-order valence-corrected chi connectivity index (χ3v) is 2.53. The van der Waals surface area contributed by atoms with Crippen molar-refractivity contribution < 1.29 is 9.59 Å². The molecule has 0 aliphatic heterocycles. The first-order valence-electron chi connectivity index (χ1n) is 4.11. The van der Waals surface area contributed by atoms with Gasteiger partial charge in [-0.2, -0.15) is 0 Å².